The SMILES string of the molecule is CC(/C=C(\F)c1ccccc1)c1ccccc1. The van der Waals surface area contributed by atoms with E-state index in [0.717, 1.165) is 5.56 Å². The second kappa shape index (κ2) is 5.44. The highest BCUT2D eigenvalue weighted by Gasteiger charge is 2.05. The van der Waals surface area contributed by atoms with E-state index in [2.05, 4.69) is 0 Å². The Kier molecular flexibility index (Phi) is 3.71. The van der Waals surface area contributed by atoms with Crippen molar-refractivity contribution in [2.75, 3.05) is 0 Å². The van der Waals surface area contributed by atoms with E-state index in [1.165, 1.54) is 0 Å². The van der Waals surface area contributed by atoms with Gasteiger partial charge in [-0.25, -0.2) is 4.39 Å². The summed E-state index contributed by atoms with van der Waals surface area (Å²) in [5.41, 5.74) is 1.76. The predicted molar refractivity (Wildman–Crippen MR) is 70.4 cm³/mol. The Morgan fingerprint density at radius 2 is 1.47 bits per heavy atom. The van der Waals surface area contributed by atoms with Gasteiger partial charge >= 0.3 is 0 Å². The minimum absolute atomic E-state index is 0.0800. The molecule has 0 bridgehead atoms. The van der Waals surface area contributed by atoms with E-state index in [4.69, 9.17) is 0 Å². The normalized spacial score (nSPS) is 13.4. The predicted octanol–water partition coefficient (Wildman–Crippen LogP) is 4.80. The van der Waals surface area contributed by atoms with Gasteiger partial charge in [0, 0.05) is 11.5 Å². The van der Waals surface area contributed by atoms with Crippen LogP contribution in [-0.4, -0.2) is 0 Å². The van der Waals surface area contributed by atoms with Gasteiger partial charge in [0.25, 0.3) is 0 Å². The van der Waals surface area contributed by atoms with Gasteiger partial charge < -0.3 is 0 Å². The molecule has 0 saturated carbocycles. The zero-order chi connectivity index (χ0) is 12.1. The minimum atomic E-state index is -0.165. The standard InChI is InChI=1S/C16H15F/c1-13(14-8-4-2-5-9-14)12-16(17)15-10-6-3-7-11-15/h2-13H,1H3/b16-12-. The van der Waals surface area contributed by atoms with Gasteiger partial charge in [0.05, 0.1) is 0 Å². The second-order valence-electron chi connectivity index (χ2n) is 4.08. The Balaban J connectivity index is 2.20. The number of rotatable bonds is 3. The average Bonchev–Trinajstić information content (AvgIpc) is 2.40. The molecule has 1 atom stereocenters. The number of allylic oxidation sites excluding steroid dienone is 1. The van der Waals surface area contributed by atoms with Crippen LogP contribution in [-0.2, 0) is 0 Å². The van der Waals surface area contributed by atoms with Crippen LogP contribution >= 0.6 is 0 Å². The number of benzene rings is 2. The van der Waals surface area contributed by atoms with Crippen molar-refractivity contribution in [2.45, 2.75) is 12.8 Å². The van der Waals surface area contributed by atoms with E-state index >= 15 is 0 Å². The van der Waals surface area contributed by atoms with Gasteiger partial charge in [-0.2, -0.15) is 0 Å². The lowest BCUT2D eigenvalue weighted by Crippen LogP contribution is -1.89. The fraction of sp³-hybridized carbons (Fsp3) is 0.125. The summed E-state index contributed by atoms with van der Waals surface area (Å²) in [6.45, 7) is 2.00. The summed E-state index contributed by atoms with van der Waals surface area (Å²) in [6, 6.07) is 19.1. The molecule has 0 heterocycles. The molecule has 1 heteroatoms. The van der Waals surface area contributed by atoms with Crippen molar-refractivity contribution in [3.05, 3.63) is 77.9 Å². The lowest BCUT2D eigenvalue weighted by Gasteiger charge is -2.07. The first-order valence-corrected chi connectivity index (χ1v) is 5.75. The number of hydrogen-bond acceptors (Lipinski definition) is 0. The maximum absolute atomic E-state index is 13.9. The molecule has 86 valence electrons. The van der Waals surface area contributed by atoms with Crippen LogP contribution in [0.4, 0.5) is 4.39 Å². The third-order valence-electron chi connectivity index (χ3n) is 2.77. The van der Waals surface area contributed by atoms with E-state index in [9.17, 15) is 4.39 Å². The fourth-order valence-corrected chi connectivity index (χ4v) is 1.77. The van der Waals surface area contributed by atoms with Crippen LogP contribution in [0.25, 0.3) is 5.83 Å². The molecule has 0 nitrogen and oxygen atoms in total. The summed E-state index contributed by atoms with van der Waals surface area (Å²) in [7, 11) is 0. The molecule has 0 radical (unpaired) electrons. The number of halogens is 1. The zero-order valence-corrected chi connectivity index (χ0v) is 9.81. The summed E-state index contributed by atoms with van der Waals surface area (Å²) >= 11 is 0. The van der Waals surface area contributed by atoms with Crippen molar-refractivity contribution in [1.82, 2.24) is 0 Å². The smallest absolute Gasteiger partial charge is 0.127 e. The van der Waals surface area contributed by atoms with E-state index < -0.39 is 0 Å². The highest BCUT2D eigenvalue weighted by Crippen LogP contribution is 2.23. The molecule has 0 aliphatic heterocycles. The molecule has 2 aromatic carbocycles. The minimum Gasteiger partial charge on any atom is -0.207 e. The summed E-state index contributed by atoms with van der Waals surface area (Å²) in [4.78, 5) is 0. The molecule has 2 rings (SSSR count). The molecule has 1 unspecified atom stereocenters. The maximum atomic E-state index is 13.9. The summed E-state index contributed by atoms with van der Waals surface area (Å²) in [6.07, 6.45) is 1.66. The van der Waals surface area contributed by atoms with E-state index in [1.807, 2.05) is 55.5 Å². The van der Waals surface area contributed by atoms with Crippen LogP contribution in [0.2, 0.25) is 0 Å². The quantitative estimate of drug-likeness (QED) is 0.705. The lowest BCUT2D eigenvalue weighted by molar-refractivity contribution is 0.748. The Labute approximate surface area is 101 Å². The Hall–Kier alpha value is -1.89. The van der Waals surface area contributed by atoms with Crippen LogP contribution in [0.15, 0.2) is 66.7 Å². The summed E-state index contributed by atoms with van der Waals surface area (Å²) in [5.74, 6) is -0.0849. The number of hydrogen-bond donors (Lipinski definition) is 0. The molecule has 2 aromatic rings. The van der Waals surface area contributed by atoms with Crippen LogP contribution in [0.3, 0.4) is 0 Å². The van der Waals surface area contributed by atoms with E-state index in [1.54, 1.807) is 18.2 Å². The van der Waals surface area contributed by atoms with E-state index in [-0.39, 0.29) is 11.7 Å². The summed E-state index contributed by atoms with van der Waals surface area (Å²) in [5, 5.41) is 0. The molecule has 0 saturated heterocycles. The van der Waals surface area contributed by atoms with Crippen molar-refractivity contribution in [3.8, 4) is 0 Å². The van der Waals surface area contributed by atoms with E-state index in [0.29, 0.717) is 5.56 Å². The Morgan fingerprint density at radius 3 is 2.06 bits per heavy atom. The molecule has 0 aliphatic rings. The second-order valence-corrected chi connectivity index (χ2v) is 4.08. The van der Waals surface area contributed by atoms with Gasteiger partial charge in [0.15, 0.2) is 0 Å². The zero-order valence-electron chi connectivity index (χ0n) is 9.81. The largest absolute Gasteiger partial charge is 0.207 e. The van der Waals surface area contributed by atoms with Crippen molar-refractivity contribution in [1.29, 1.82) is 0 Å². The first kappa shape index (κ1) is 11.6. The van der Waals surface area contributed by atoms with Crippen LogP contribution in [0.1, 0.15) is 24.0 Å². The fourth-order valence-electron chi connectivity index (χ4n) is 1.77. The van der Waals surface area contributed by atoms with Crippen LogP contribution < -0.4 is 0 Å². The maximum Gasteiger partial charge on any atom is 0.127 e. The first-order valence-electron chi connectivity index (χ1n) is 5.75. The molecule has 0 aromatic heterocycles. The van der Waals surface area contributed by atoms with Gasteiger partial charge in [-0.05, 0) is 11.6 Å². The molecular weight excluding hydrogens is 211 g/mol. The van der Waals surface area contributed by atoms with Gasteiger partial charge in [-0.15, -0.1) is 0 Å². The van der Waals surface area contributed by atoms with Crippen LogP contribution in [0.5, 0.6) is 0 Å². The molecular formula is C16H15F. The van der Waals surface area contributed by atoms with Gasteiger partial charge in [0.1, 0.15) is 5.83 Å². The highest BCUT2D eigenvalue weighted by atomic mass is 19.1. The van der Waals surface area contributed by atoms with Crippen molar-refractivity contribution >= 4 is 5.83 Å². The molecule has 17 heavy (non-hydrogen) atoms. The molecule has 0 fully saturated rings. The highest BCUT2D eigenvalue weighted by molar-refractivity contribution is 5.59. The van der Waals surface area contributed by atoms with Crippen molar-refractivity contribution in [2.24, 2.45) is 0 Å². The van der Waals surface area contributed by atoms with Gasteiger partial charge in [-0.3, -0.25) is 0 Å². The Bertz CT molecular complexity index is 485. The third kappa shape index (κ3) is 3.04. The van der Waals surface area contributed by atoms with Crippen molar-refractivity contribution in [3.63, 3.8) is 0 Å². The Morgan fingerprint density at radius 1 is 0.941 bits per heavy atom. The molecule has 0 spiro atoms. The van der Waals surface area contributed by atoms with Gasteiger partial charge in [-0.1, -0.05) is 67.6 Å². The molecule has 0 aliphatic carbocycles. The average molecular weight is 226 g/mol. The monoisotopic (exact) mass is 226 g/mol. The lowest BCUT2D eigenvalue weighted by atomic mass is 9.99. The molecule has 0 N–H and O–H groups in total. The van der Waals surface area contributed by atoms with Gasteiger partial charge in [0.2, 0.25) is 0 Å². The third-order valence-corrected chi connectivity index (χ3v) is 2.77. The van der Waals surface area contributed by atoms with Crippen molar-refractivity contribution < 1.29 is 4.39 Å². The molecule has 0 amide bonds. The van der Waals surface area contributed by atoms with Crippen LogP contribution in [0, 0.1) is 0 Å². The summed E-state index contributed by atoms with van der Waals surface area (Å²) < 4.78 is 13.9. The topological polar surface area (TPSA) is 0 Å². The first-order chi connectivity index (χ1) is 8.27.